The molecule has 128 valence electrons. The zero-order chi connectivity index (χ0) is 16.9. The first-order valence-electron chi connectivity index (χ1n) is 8.28. The van der Waals surface area contributed by atoms with Crippen LogP contribution in [-0.2, 0) is 16.1 Å². The Kier molecular flexibility index (Phi) is 5.27. The van der Waals surface area contributed by atoms with Gasteiger partial charge in [0.15, 0.2) is 0 Å². The van der Waals surface area contributed by atoms with Crippen molar-refractivity contribution in [3.8, 4) is 0 Å². The zero-order valence-corrected chi connectivity index (χ0v) is 14.1. The van der Waals surface area contributed by atoms with E-state index >= 15 is 0 Å². The van der Waals surface area contributed by atoms with Gasteiger partial charge in [-0.05, 0) is 18.9 Å². The summed E-state index contributed by atoms with van der Waals surface area (Å²) >= 11 is 0. The summed E-state index contributed by atoms with van der Waals surface area (Å²) in [5.41, 5.74) is 2.20. The number of hydrogen-bond acceptors (Lipinski definition) is 4. The van der Waals surface area contributed by atoms with E-state index in [9.17, 15) is 4.79 Å². The van der Waals surface area contributed by atoms with E-state index in [0.717, 1.165) is 18.7 Å². The molecule has 0 aliphatic carbocycles. The summed E-state index contributed by atoms with van der Waals surface area (Å²) in [6.07, 6.45) is 4.62. The molecule has 24 heavy (non-hydrogen) atoms. The number of benzene rings is 1. The van der Waals surface area contributed by atoms with Gasteiger partial charge in [-0.1, -0.05) is 30.3 Å². The smallest absolute Gasteiger partial charge is 0.237 e. The van der Waals surface area contributed by atoms with Crippen molar-refractivity contribution in [1.82, 2.24) is 20.4 Å². The number of rotatable bonds is 6. The van der Waals surface area contributed by atoms with Gasteiger partial charge in [0.25, 0.3) is 0 Å². The van der Waals surface area contributed by atoms with Gasteiger partial charge in [0, 0.05) is 25.4 Å². The molecule has 2 N–H and O–H groups in total. The Labute approximate surface area is 142 Å². The van der Waals surface area contributed by atoms with Crippen LogP contribution in [0.3, 0.4) is 0 Å². The minimum Gasteiger partial charge on any atom is -0.380 e. The lowest BCUT2D eigenvalue weighted by molar-refractivity contribution is -0.123. The standard InChI is InChI=1S/C18H24N4O2/c1-13(21-18(23)17-8-16(24-2)10-19-17)15-9-20-22(12-15)11-14-6-4-3-5-7-14/h3-7,9,12-13,16-17,19H,8,10-11H2,1-2H3,(H,21,23)/t13-,16+,17-/m1/s1. The third kappa shape index (κ3) is 4.01. The maximum atomic E-state index is 12.3. The van der Waals surface area contributed by atoms with Crippen LogP contribution >= 0.6 is 0 Å². The number of nitrogens with zero attached hydrogens (tertiary/aromatic N) is 2. The van der Waals surface area contributed by atoms with E-state index in [-0.39, 0.29) is 24.1 Å². The Hall–Kier alpha value is -2.18. The first-order valence-corrected chi connectivity index (χ1v) is 8.28. The van der Waals surface area contributed by atoms with Crippen molar-refractivity contribution >= 4 is 5.91 Å². The first-order chi connectivity index (χ1) is 11.7. The first kappa shape index (κ1) is 16.7. The Balaban J connectivity index is 1.56. The van der Waals surface area contributed by atoms with Crippen molar-refractivity contribution in [1.29, 1.82) is 0 Å². The Morgan fingerprint density at radius 1 is 1.46 bits per heavy atom. The topological polar surface area (TPSA) is 68.2 Å². The van der Waals surface area contributed by atoms with Crippen molar-refractivity contribution in [3.05, 3.63) is 53.9 Å². The van der Waals surface area contributed by atoms with Crippen LogP contribution in [0, 0.1) is 0 Å². The van der Waals surface area contributed by atoms with Gasteiger partial charge in [-0.25, -0.2) is 0 Å². The fraction of sp³-hybridized carbons (Fsp3) is 0.444. The number of hydrogen-bond donors (Lipinski definition) is 2. The number of ether oxygens (including phenoxy) is 1. The highest BCUT2D eigenvalue weighted by Crippen LogP contribution is 2.15. The molecule has 3 rings (SSSR count). The van der Waals surface area contributed by atoms with Gasteiger partial charge in [0.1, 0.15) is 0 Å². The van der Waals surface area contributed by atoms with Crippen LogP contribution in [0.4, 0.5) is 0 Å². The summed E-state index contributed by atoms with van der Waals surface area (Å²) in [6.45, 7) is 3.42. The molecule has 6 heteroatoms. The normalized spacial score (nSPS) is 21.6. The van der Waals surface area contributed by atoms with Crippen molar-refractivity contribution in [2.45, 2.75) is 38.1 Å². The largest absolute Gasteiger partial charge is 0.380 e. The maximum Gasteiger partial charge on any atom is 0.237 e. The van der Waals surface area contributed by atoms with Crippen LogP contribution in [0.1, 0.15) is 30.5 Å². The SMILES string of the molecule is CO[C@@H]1CN[C@@H](C(=O)N[C@H](C)c2cnn(Cc3ccccc3)c2)C1. The van der Waals surface area contributed by atoms with Crippen molar-refractivity contribution in [2.75, 3.05) is 13.7 Å². The quantitative estimate of drug-likeness (QED) is 0.843. The molecular formula is C18H24N4O2. The van der Waals surface area contributed by atoms with Crippen LogP contribution in [0.15, 0.2) is 42.7 Å². The Morgan fingerprint density at radius 3 is 2.96 bits per heavy atom. The van der Waals surface area contributed by atoms with E-state index in [1.165, 1.54) is 5.56 Å². The van der Waals surface area contributed by atoms with Crippen LogP contribution in [-0.4, -0.2) is 41.5 Å². The number of carbonyl (C=O) groups is 1. The second kappa shape index (κ2) is 7.59. The maximum absolute atomic E-state index is 12.3. The summed E-state index contributed by atoms with van der Waals surface area (Å²) < 4.78 is 7.18. The van der Waals surface area contributed by atoms with Crippen molar-refractivity contribution < 1.29 is 9.53 Å². The van der Waals surface area contributed by atoms with Crippen LogP contribution in [0.2, 0.25) is 0 Å². The number of nitrogens with one attached hydrogen (secondary N) is 2. The fourth-order valence-electron chi connectivity index (χ4n) is 2.94. The molecule has 2 aromatic rings. The second-order valence-corrected chi connectivity index (χ2v) is 6.24. The number of carbonyl (C=O) groups excluding carboxylic acids is 1. The third-order valence-corrected chi connectivity index (χ3v) is 4.44. The highest BCUT2D eigenvalue weighted by molar-refractivity contribution is 5.82. The predicted octanol–water partition coefficient (Wildman–Crippen LogP) is 1.49. The molecule has 3 atom stereocenters. The molecule has 1 aliphatic rings. The number of amides is 1. The molecule has 1 saturated heterocycles. The lowest BCUT2D eigenvalue weighted by atomic mass is 10.1. The van der Waals surface area contributed by atoms with Gasteiger partial charge in [0.05, 0.1) is 30.9 Å². The molecule has 1 amide bonds. The lowest BCUT2D eigenvalue weighted by Gasteiger charge is -2.16. The summed E-state index contributed by atoms with van der Waals surface area (Å²) in [4.78, 5) is 12.3. The zero-order valence-electron chi connectivity index (χ0n) is 14.1. The van der Waals surface area contributed by atoms with Crippen LogP contribution < -0.4 is 10.6 Å². The van der Waals surface area contributed by atoms with Gasteiger partial charge >= 0.3 is 0 Å². The molecule has 1 aliphatic heterocycles. The molecule has 0 radical (unpaired) electrons. The van der Waals surface area contributed by atoms with Gasteiger partial charge in [-0.15, -0.1) is 0 Å². The summed E-state index contributed by atoms with van der Waals surface area (Å²) in [6, 6.07) is 9.92. The molecule has 2 heterocycles. The predicted molar refractivity (Wildman–Crippen MR) is 91.5 cm³/mol. The second-order valence-electron chi connectivity index (χ2n) is 6.24. The molecule has 1 aromatic carbocycles. The van der Waals surface area contributed by atoms with Gasteiger partial charge in [0.2, 0.25) is 5.91 Å². The number of aromatic nitrogens is 2. The minimum atomic E-state index is -0.184. The fourth-order valence-corrected chi connectivity index (χ4v) is 2.94. The van der Waals surface area contributed by atoms with Crippen LogP contribution in [0.25, 0.3) is 0 Å². The van der Waals surface area contributed by atoms with E-state index in [1.807, 2.05) is 42.2 Å². The lowest BCUT2D eigenvalue weighted by Crippen LogP contribution is -2.41. The Bertz CT molecular complexity index is 671. The summed E-state index contributed by atoms with van der Waals surface area (Å²) in [7, 11) is 1.68. The van der Waals surface area contributed by atoms with E-state index < -0.39 is 0 Å². The molecule has 1 fully saturated rings. The highest BCUT2D eigenvalue weighted by atomic mass is 16.5. The van der Waals surface area contributed by atoms with Crippen molar-refractivity contribution in [2.24, 2.45) is 0 Å². The summed E-state index contributed by atoms with van der Waals surface area (Å²) in [5.74, 6) is 0.0119. The third-order valence-electron chi connectivity index (χ3n) is 4.44. The minimum absolute atomic E-state index is 0.0119. The molecule has 1 aromatic heterocycles. The molecular weight excluding hydrogens is 304 g/mol. The van der Waals surface area contributed by atoms with Crippen molar-refractivity contribution in [3.63, 3.8) is 0 Å². The average molecular weight is 328 g/mol. The Morgan fingerprint density at radius 2 is 2.25 bits per heavy atom. The summed E-state index contributed by atoms with van der Waals surface area (Å²) in [5, 5.41) is 10.6. The molecule has 0 unspecified atom stereocenters. The van der Waals surface area contributed by atoms with Gasteiger partial charge in [-0.3, -0.25) is 9.48 Å². The van der Waals surface area contributed by atoms with E-state index in [2.05, 4.69) is 27.9 Å². The highest BCUT2D eigenvalue weighted by Gasteiger charge is 2.30. The van der Waals surface area contributed by atoms with E-state index in [1.54, 1.807) is 7.11 Å². The monoisotopic (exact) mass is 328 g/mol. The van der Waals surface area contributed by atoms with E-state index in [4.69, 9.17) is 4.74 Å². The molecule has 0 bridgehead atoms. The molecule has 6 nitrogen and oxygen atoms in total. The van der Waals surface area contributed by atoms with Gasteiger partial charge in [-0.2, -0.15) is 5.10 Å². The van der Waals surface area contributed by atoms with Crippen LogP contribution in [0.5, 0.6) is 0 Å². The van der Waals surface area contributed by atoms with E-state index in [0.29, 0.717) is 6.42 Å². The average Bonchev–Trinajstić information content (AvgIpc) is 3.25. The number of methoxy groups -OCH3 is 1. The molecule has 0 saturated carbocycles. The molecule has 0 spiro atoms. The van der Waals surface area contributed by atoms with Gasteiger partial charge < -0.3 is 15.4 Å².